The molecule has 6 nitrogen and oxygen atoms in total. The summed E-state index contributed by atoms with van der Waals surface area (Å²) in [6, 6.07) is 20.7. The third-order valence-corrected chi connectivity index (χ3v) is 6.10. The highest BCUT2D eigenvalue weighted by Gasteiger charge is 2.29. The Bertz CT molecular complexity index is 1050. The molecule has 6 heteroatoms. The highest BCUT2D eigenvalue weighted by molar-refractivity contribution is 5.75. The highest BCUT2D eigenvalue weighted by atomic mass is 16.2. The van der Waals surface area contributed by atoms with Crippen molar-refractivity contribution in [3.05, 3.63) is 92.2 Å². The normalized spacial score (nSPS) is 16.0. The quantitative estimate of drug-likeness (QED) is 0.567. The Morgan fingerprint density at radius 2 is 1.48 bits per heavy atom. The molecule has 0 aliphatic carbocycles. The molecule has 1 N–H and O–H groups in total. The van der Waals surface area contributed by atoms with Gasteiger partial charge in [-0.1, -0.05) is 60.7 Å². The van der Waals surface area contributed by atoms with Gasteiger partial charge in [0.25, 0.3) is 10.9 Å². The van der Waals surface area contributed by atoms with Gasteiger partial charge in [0.1, 0.15) is 11.4 Å². The Kier molecular flexibility index (Phi) is 6.49. The van der Waals surface area contributed by atoms with Crippen LogP contribution in [-0.2, 0) is 6.54 Å². The Hall–Kier alpha value is -2.96. The van der Waals surface area contributed by atoms with E-state index in [1.54, 1.807) is 0 Å². The van der Waals surface area contributed by atoms with Crippen molar-refractivity contribution in [1.82, 2.24) is 9.80 Å². The van der Waals surface area contributed by atoms with Crippen molar-refractivity contribution in [3.63, 3.8) is 0 Å². The minimum Gasteiger partial charge on any atom is -0.378 e. The van der Waals surface area contributed by atoms with Crippen LogP contribution in [0, 0.1) is 0 Å². The SMILES string of the molecule is CN(C)C(CNc1c(N2CCN(Cc3ccccc3)CC2)c(=O)c1=O)c1ccccc1. The number of anilines is 2. The van der Waals surface area contributed by atoms with Crippen LogP contribution >= 0.6 is 0 Å². The Labute approximate surface area is 183 Å². The number of likely N-dealkylation sites (N-methyl/N-ethyl adjacent to an activating group) is 1. The number of nitrogens with zero attached hydrogens (tertiary/aromatic N) is 3. The van der Waals surface area contributed by atoms with Crippen molar-refractivity contribution in [3.8, 4) is 0 Å². The lowest BCUT2D eigenvalue weighted by atomic mass is 10.1. The second-order valence-corrected chi connectivity index (χ2v) is 8.40. The predicted molar refractivity (Wildman–Crippen MR) is 127 cm³/mol. The first-order valence-electron chi connectivity index (χ1n) is 10.8. The van der Waals surface area contributed by atoms with Crippen LogP contribution < -0.4 is 21.1 Å². The maximum Gasteiger partial charge on any atom is 0.253 e. The standard InChI is InChI=1S/C25H30N4O2/c1-27(2)21(20-11-7-4-8-12-20)17-26-22-23(25(31)24(22)30)29-15-13-28(14-16-29)18-19-9-5-3-6-10-19/h3-12,21,26H,13-18H2,1-2H3. The van der Waals surface area contributed by atoms with Gasteiger partial charge in [-0.2, -0.15) is 0 Å². The van der Waals surface area contributed by atoms with E-state index in [4.69, 9.17) is 0 Å². The van der Waals surface area contributed by atoms with Crippen LogP contribution in [-0.4, -0.2) is 56.6 Å². The molecular weight excluding hydrogens is 388 g/mol. The molecule has 1 saturated heterocycles. The van der Waals surface area contributed by atoms with E-state index in [-0.39, 0.29) is 11.5 Å². The summed E-state index contributed by atoms with van der Waals surface area (Å²) in [4.78, 5) is 31.3. The third-order valence-electron chi connectivity index (χ3n) is 6.10. The zero-order chi connectivity index (χ0) is 21.8. The first kappa shape index (κ1) is 21.3. The summed E-state index contributed by atoms with van der Waals surface area (Å²) in [5.74, 6) is 0. The molecule has 3 aromatic carbocycles. The van der Waals surface area contributed by atoms with Gasteiger partial charge in [0, 0.05) is 39.3 Å². The van der Waals surface area contributed by atoms with Crippen molar-refractivity contribution in [2.24, 2.45) is 0 Å². The van der Waals surface area contributed by atoms with E-state index >= 15 is 0 Å². The minimum atomic E-state index is -0.396. The summed E-state index contributed by atoms with van der Waals surface area (Å²) in [5, 5.41) is 3.29. The Morgan fingerprint density at radius 1 is 0.871 bits per heavy atom. The molecule has 0 amide bonds. The van der Waals surface area contributed by atoms with E-state index in [0.29, 0.717) is 17.9 Å². The molecule has 0 bridgehead atoms. The van der Waals surface area contributed by atoms with Gasteiger partial charge >= 0.3 is 0 Å². The van der Waals surface area contributed by atoms with E-state index in [2.05, 4.69) is 56.4 Å². The summed E-state index contributed by atoms with van der Waals surface area (Å²) in [7, 11) is 4.04. The number of rotatable bonds is 8. The summed E-state index contributed by atoms with van der Waals surface area (Å²) in [6.45, 7) is 4.73. The van der Waals surface area contributed by atoms with Gasteiger partial charge in [-0.05, 0) is 25.2 Å². The van der Waals surface area contributed by atoms with Crippen molar-refractivity contribution in [2.45, 2.75) is 12.6 Å². The molecule has 0 radical (unpaired) electrons. The number of benzene rings is 2. The maximum absolute atomic E-state index is 12.4. The van der Waals surface area contributed by atoms with Crippen LogP contribution in [0.3, 0.4) is 0 Å². The van der Waals surface area contributed by atoms with Crippen LogP contribution in [0.4, 0.5) is 11.4 Å². The lowest BCUT2D eigenvalue weighted by Crippen LogP contribution is -2.51. The second-order valence-electron chi connectivity index (χ2n) is 8.40. The lowest BCUT2D eigenvalue weighted by Gasteiger charge is -2.37. The molecule has 162 valence electrons. The van der Waals surface area contributed by atoms with E-state index in [9.17, 15) is 9.59 Å². The molecule has 1 aliphatic heterocycles. The van der Waals surface area contributed by atoms with E-state index in [0.717, 1.165) is 32.7 Å². The monoisotopic (exact) mass is 418 g/mol. The zero-order valence-corrected chi connectivity index (χ0v) is 18.3. The van der Waals surface area contributed by atoms with Crippen LogP contribution in [0.2, 0.25) is 0 Å². The van der Waals surface area contributed by atoms with Crippen LogP contribution in [0.25, 0.3) is 0 Å². The van der Waals surface area contributed by atoms with Gasteiger partial charge in [-0.15, -0.1) is 0 Å². The topological polar surface area (TPSA) is 55.9 Å². The number of piperazine rings is 1. The van der Waals surface area contributed by atoms with Gasteiger partial charge in [0.05, 0.1) is 6.04 Å². The predicted octanol–water partition coefficient (Wildman–Crippen LogP) is 2.32. The van der Waals surface area contributed by atoms with Gasteiger partial charge in [-0.3, -0.25) is 14.5 Å². The molecular formula is C25H30N4O2. The molecule has 0 saturated carbocycles. The molecule has 3 aromatic rings. The van der Waals surface area contributed by atoms with Gasteiger partial charge in [0.15, 0.2) is 0 Å². The fourth-order valence-corrected chi connectivity index (χ4v) is 4.29. The Morgan fingerprint density at radius 3 is 2.10 bits per heavy atom. The molecule has 0 spiro atoms. The number of hydrogen-bond acceptors (Lipinski definition) is 6. The highest BCUT2D eigenvalue weighted by Crippen LogP contribution is 2.24. The van der Waals surface area contributed by atoms with Crippen molar-refractivity contribution in [1.29, 1.82) is 0 Å². The largest absolute Gasteiger partial charge is 0.378 e. The summed E-state index contributed by atoms with van der Waals surface area (Å²) >= 11 is 0. The number of nitrogens with one attached hydrogen (secondary N) is 1. The molecule has 31 heavy (non-hydrogen) atoms. The zero-order valence-electron chi connectivity index (χ0n) is 18.3. The van der Waals surface area contributed by atoms with Crippen molar-refractivity contribution in [2.75, 3.05) is 57.0 Å². The number of hydrogen-bond donors (Lipinski definition) is 1. The third kappa shape index (κ3) is 4.70. The molecule has 1 aliphatic rings. The smallest absolute Gasteiger partial charge is 0.253 e. The fourth-order valence-electron chi connectivity index (χ4n) is 4.29. The lowest BCUT2D eigenvalue weighted by molar-refractivity contribution is 0.249. The van der Waals surface area contributed by atoms with Crippen LogP contribution in [0.15, 0.2) is 70.3 Å². The average Bonchev–Trinajstić information content (AvgIpc) is 2.80. The van der Waals surface area contributed by atoms with E-state index in [1.165, 1.54) is 11.1 Å². The van der Waals surface area contributed by atoms with Gasteiger partial charge in [-0.25, -0.2) is 0 Å². The second kappa shape index (κ2) is 9.45. The fraction of sp³-hybridized carbons (Fsp3) is 0.360. The summed E-state index contributed by atoms with van der Waals surface area (Å²) in [5.41, 5.74) is 2.75. The van der Waals surface area contributed by atoms with Crippen molar-refractivity contribution < 1.29 is 0 Å². The maximum atomic E-state index is 12.4. The first-order valence-corrected chi connectivity index (χ1v) is 10.8. The minimum absolute atomic E-state index is 0.112. The van der Waals surface area contributed by atoms with Gasteiger partial charge in [0.2, 0.25) is 0 Å². The molecule has 0 aromatic heterocycles. The van der Waals surface area contributed by atoms with Crippen LogP contribution in [0.5, 0.6) is 0 Å². The van der Waals surface area contributed by atoms with Gasteiger partial charge < -0.3 is 15.1 Å². The van der Waals surface area contributed by atoms with Crippen molar-refractivity contribution >= 4 is 11.4 Å². The first-order chi connectivity index (χ1) is 15.0. The molecule has 1 fully saturated rings. The molecule has 1 atom stereocenters. The van der Waals surface area contributed by atoms with Crippen LogP contribution in [0.1, 0.15) is 17.2 Å². The Balaban J connectivity index is 1.39. The van der Waals surface area contributed by atoms with E-state index in [1.807, 2.05) is 38.4 Å². The molecule has 4 rings (SSSR count). The molecule has 1 heterocycles. The molecule has 1 unspecified atom stereocenters. The summed E-state index contributed by atoms with van der Waals surface area (Å²) in [6.07, 6.45) is 0. The average molecular weight is 419 g/mol. The van der Waals surface area contributed by atoms with E-state index < -0.39 is 5.43 Å². The summed E-state index contributed by atoms with van der Waals surface area (Å²) < 4.78 is 0.